The summed E-state index contributed by atoms with van der Waals surface area (Å²) in [7, 11) is 3.36. The van der Waals surface area contributed by atoms with Crippen molar-refractivity contribution < 1.29 is 19.0 Å². The normalized spacial score (nSPS) is 10.3. The maximum Gasteiger partial charge on any atom is 0.253 e. The Balaban J connectivity index is 1.53. The van der Waals surface area contributed by atoms with Gasteiger partial charge in [0.05, 0.1) is 13.7 Å². The standard InChI is InChI=1S/C25H27NO4/c1-26(16-9-17-29-22-12-7-4-8-13-22)25(27)21-14-15-23(24(18-21)28-2)30-19-20-10-5-3-6-11-20/h3-8,10-15,18H,9,16-17,19H2,1-2H3. The number of carbonyl (C=O) groups excluding carboxylic acids is 1. The van der Waals surface area contributed by atoms with Gasteiger partial charge in [-0.05, 0) is 42.3 Å². The van der Waals surface area contributed by atoms with Crippen molar-refractivity contribution in [1.82, 2.24) is 4.90 Å². The predicted octanol–water partition coefficient (Wildman–Crippen LogP) is 4.82. The van der Waals surface area contributed by atoms with E-state index in [1.54, 1.807) is 37.3 Å². The summed E-state index contributed by atoms with van der Waals surface area (Å²) < 4.78 is 17.0. The van der Waals surface area contributed by atoms with E-state index < -0.39 is 0 Å². The van der Waals surface area contributed by atoms with Gasteiger partial charge in [-0.2, -0.15) is 0 Å². The number of nitrogens with zero attached hydrogens (tertiary/aromatic N) is 1. The molecular formula is C25H27NO4. The molecule has 5 heteroatoms. The van der Waals surface area contributed by atoms with Gasteiger partial charge in [-0.25, -0.2) is 0 Å². The van der Waals surface area contributed by atoms with E-state index >= 15 is 0 Å². The first-order chi connectivity index (χ1) is 14.7. The molecule has 1 amide bonds. The molecule has 0 aliphatic rings. The Hall–Kier alpha value is -3.47. The molecule has 3 aromatic rings. The van der Waals surface area contributed by atoms with E-state index in [4.69, 9.17) is 14.2 Å². The third-order valence-corrected chi connectivity index (χ3v) is 4.64. The summed E-state index contributed by atoms with van der Waals surface area (Å²) in [5, 5.41) is 0. The summed E-state index contributed by atoms with van der Waals surface area (Å²) >= 11 is 0. The number of benzene rings is 3. The molecule has 0 spiro atoms. The Labute approximate surface area is 177 Å². The van der Waals surface area contributed by atoms with Gasteiger partial charge in [0, 0.05) is 19.2 Å². The molecule has 30 heavy (non-hydrogen) atoms. The van der Waals surface area contributed by atoms with Crippen LogP contribution in [0, 0.1) is 0 Å². The monoisotopic (exact) mass is 405 g/mol. The van der Waals surface area contributed by atoms with E-state index in [0.29, 0.717) is 36.8 Å². The van der Waals surface area contributed by atoms with Crippen LogP contribution in [0.4, 0.5) is 0 Å². The molecule has 0 bridgehead atoms. The van der Waals surface area contributed by atoms with Gasteiger partial charge in [0.15, 0.2) is 11.5 Å². The number of amides is 1. The molecule has 0 heterocycles. The summed E-state index contributed by atoms with van der Waals surface area (Å²) in [6, 6.07) is 24.8. The van der Waals surface area contributed by atoms with Gasteiger partial charge in [-0.1, -0.05) is 48.5 Å². The zero-order chi connectivity index (χ0) is 21.2. The highest BCUT2D eigenvalue weighted by Crippen LogP contribution is 2.29. The van der Waals surface area contributed by atoms with Gasteiger partial charge in [0.1, 0.15) is 12.4 Å². The van der Waals surface area contributed by atoms with E-state index in [2.05, 4.69) is 0 Å². The lowest BCUT2D eigenvalue weighted by molar-refractivity contribution is 0.0787. The van der Waals surface area contributed by atoms with Crippen molar-refractivity contribution in [2.45, 2.75) is 13.0 Å². The molecule has 0 unspecified atom stereocenters. The number of ether oxygens (including phenoxy) is 3. The lowest BCUT2D eigenvalue weighted by Crippen LogP contribution is -2.28. The second kappa shape index (κ2) is 10.9. The molecule has 3 rings (SSSR count). The molecule has 3 aromatic carbocycles. The van der Waals surface area contributed by atoms with Crippen LogP contribution in [0.3, 0.4) is 0 Å². The molecule has 0 aliphatic heterocycles. The minimum atomic E-state index is -0.0670. The second-order valence-corrected chi connectivity index (χ2v) is 6.88. The Kier molecular flexibility index (Phi) is 7.72. The van der Waals surface area contributed by atoms with Crippen molar-refractivity contribution in [2.75, 3.05) is 27.3 Å². The first-order valence-electron chi connectivity index (χ1n) is 9.95. The van der Waals surface area contributed by atoms with E-state index in [1.807, 2.05) is 60.7 Å². The van der Waals surface area contributed by atoms with Crippen molar-refractivity contribution in [3.05, 3.63) is 90.0 Å². The smallest absolute Gasteiger partial charge is 0.253 e. The predicted molar refractivity (Wildman–Crippen MR) is 117 cm³/mol. The van der Waals surface area contributed by atoms with E-state index in [0.717, 1.165) is 17.7 Å². The quantitative estimate of drug-likeness (QED) is 0.454. The summed E-state index contributed by atoms with van der Waals surface area (Å²) in [6.07, 6.45) is 0.743. The maximum absolute atomic E-state index is 12.8. The largest absolute Gasteiger partial charge is 0.494 e. The van der Waals surface area contributed by atoms with Crippen LogP contribution < -0.4 is 14.2 Å². The first kappa shape index (κ1) is 21.2. The minimum Gasteiger partial charge on any atom is -0.494 e. The van der Waals surface area contributed by atoms with Gasteiger partial charge < -0.3 is 19.1 Å². The molecule has 0 atom stereocenters. The van der Waals surface area contributed by atoms with Crippen molar-refractivity contribution in [3.63, 3.8) is 0 Å². The van der Waals surface area contributed by atoms with Crippen molar-refractivity contribution >= 4 is 5.91 Å². The Bertz CT molecular complexity index is 928. The fourth-order valence-corrected chi connectivity index (χ4v) is 2.99. The van der Waals surface area contributed by atoms with Crippen LogP contribution in [0.25, 0.3) is 0 Å². The maximum atomic E-state index is 12.8. The van der Waals surface area contributed by atoms with E-state index in [1.165, 1.54) is 0 Å². The fraction of sp³-hybridized carbons (Fsp3) is 0.240. The third kappa shape index (κ3) is 6.01. The van der Waals surface area contributed by atoms with Crippen LogP contribution in [-0.2, 0) is 6.61 Å². The number of hydrogen-bond donors (Lipinski definition) is 0. The molecule has 5 nitrogen and oxygen atoms in total. The summed E-state index contributed by atoms with van der Waals surface area (Å²) in [6.45, 7) is 1.59. The number of para-hydroxylation sites is 1. The molecule has 0 saturated carbocycles. The Morgan fingerprint density at radius 3 is 2.27 bits per heavy atom. The Morgan fingerprint density at radius 2 is 1.57 bits per heavy atom. The molecule has 0 radical (unpaired) electrons. The van der Waals surface area contributed by atoms with Gasteiger partial charge in [0.2, 0.25) is 0 Å². The highest BCUT2D eigenvalue weighted by atomic mass is 16.5. The molecule has 0 fully saturated rings. The fourth-order valence-electron chi connectivity index (χ4n) is 2.99. The summed E-state index contributed by atoms with van der Waals surface area (Å²) in [5.74, 6) is 1.92. The van der Waals surface area contributed by atoms with E-state index in [9.17, 15) is 4.79 Å². The van der Waals surface area contributed by atoms with Crippen LogP contribution >= 0.6 is 0 Å². The summed E-state index contributed by atoms with van der Waals surface area (Å²) in [5.41, 5.74) is 1.63. The van der Waals surface area contributed by atoms with Crippen LogP contribution in [0.15, 0.2) is 78.9 Å². The highest BCUT2D eigenvalue weighted by molar-refractivity contribution is 5.94. The topological polar surface area (TPSA) is 48.0 Å². The second-order valence-electron chi connectivity index (χ2n) is 6.88. The van der Waals surface area contributed by atoms with Crippen molar-refractivity contribution in [2.24, 2.45) is 0 Å². The first-order valence-corrected chi connectivity index (χ1v) is 9.95. The van der Waals surface area contributed by atoms with Gasteiger partial charge in [-0.3, -0.25) is 4.79 Å². The van der Waals surface area contributed by atoms with Gasteiger partial charge in [-0.15, -0.1) is 0 Å². The number of rotatable bonds is 10. The van der Waals surface area contributed by atoms with Crippen LogP contribution in [0.5, 0.6) is 17.2 Å². The SMILES string of the molecule is COc1cc(C(=O)N(C)CCCOc2ccccc2)ccc1OCc1ccccc1. The third-order valence-electron chi connectivity index (χ3n) is 4.64. The zero-order valence-corrected chi connectivity index (χ0v) is 17.4. The molecule has 0 aliphatic carbocycles. The number of methoxy groups -OCH3 is 1. The van der Waals surface area contributed by atoms with Crippen molar-refractivity contribution in [1.29, 1.82) is 0 Å². The molecular weight excluding hydrogens is 378 g/mol. The minimum absolute atomic E-state index is 0.0670. The van der Waals surface area contributed by atoms with Crippen molar-refractivity contribution in [3.8, 4) is 17.2 Å². The summed E-state index contributed by atoms with van der Waals surface area (Å²) in [4.78, 5) is 14.4. The zero-order valence-electron chi connectivity index (χ0n) is 17.4. The van der Waals surface area contributed by atoms with E-state index in [-0.39, 0.29) is 5.91 Å². The van der Waals surface area contributed by atoms with Gasteiger partial charge in [0.25, 0.3) is 5.91 Å². The number of carbonyl (C=O) groups is 1. The molecule has 0 N–H and O–H groups in total. The Morgan fingerprint density at radius 1 is 0.867 bits per heavy atom. The van der Waals surface area contributed by atoms with Crippen LogP contribution in [-0.4, -0.2) is 38.1 Å². The lowest BCUT2D eigenvalue weighted by atomic mass is 10.1. The average molecular weight is 405 g/mol. The lowest BCUT2D eigenvalue weighted by Gasteiger charge is -2.18. The molecule has 156 valence electrons. The number of hydrogen-bond acceptors (Lipinski definition) is 4. The highest BCUT2D eigenvalue weighted by Gasteiger charge is 2.15. The van der Waals surface area contributed by atoms with Gasteiger partial charge >= 0.3 is 0 Å². The molecule has 0 aromatic heterocycles. The van der Waals surface area contributed by atoms with Crippen LogP contribution in [0.1, 0.15) is 22.3 Å². The van der Waals surface area contributed by atoms with Crippen LogP contribution in [0.2, 0.25) is 0 Å². The molecule has 0 saturated heterocycles. The average Bonchev–Trinajstić information content (AvgIpc) is 2.81.